The zero-order valence-corrected chi connectivity index (χ0v) is 10.8. The largest absolute Gasteiger partial charge is 0.369 e. The molecular weight excluding hydrogens is 252 g/mol. The number of carbonyl (C=O) groups is 2. The smallest absolute Gasteiger partial charge is 0.270 e. The van der Waals surface area contributed by atoms with Crippen molar-refractivity contribution in [3.05, 3.63) is 16.6 Å². The van der Waals surface area contributed by atoms with E-state index >= 15 is 0 Å². The molecular formula is C11H16N4O2S. The number of thiazole rings is 1. The summed E-state index contributed by atoms with van der Waals surface area (Å²) in [5.41, 5.74) is 7.26. The topological polar surface area (TPSA) is 88.3 Å². The van der Waals surface area contributed by atoms with Gasteiger partial charge in [-0.25, -0.2) is 4.98 Å². The molecule has 2 amide bonds. The van der Waals surface area contributed by atoms with Crippen molar-refractivity contribution in [3.8, 4) is 0 Å². The quantitative estimate of drug-likeness (QED) is 0.793. The first-order chi connectivity index (χ1) is 8.65. The maximum absolute atomic E-state index is 11.8. The third-order valence-corrected chi connectivity index (χ3v) is 3.55. The molecule has 0 radical (unpaired) electrons. The van der Waals surface area contributed by atoms with Crippen LogP contribution in [0.2, 0.25) is 0 Å². The van der Waals surface area contributed by atoms with E-state index in [1.165, 1.54) is 11.3 Å². The maximum atomic E-state index is 11.8. The van der Waals surface area contributed by atoms with Crippen LogP contribution in [-0.2, 0) is 4.79 Å². The Morgan fingerprint density at radius 3 is 2.78 bits per heavy atom. The van der Waals surface area contributed by atoms with Gasteiger partial charge >= 0.3 is 0 Å². The molecule has 0 aliphatic carbocycles. The number of hydrogen-bond donors (Lipinski definition) is 2. The number of primary amides is 1. The molecule has 98 valence electrons. The standard InChI is InChI=1S/C11H16N4O2S/c12-10(16)5-15-3-1-8(2-4-15)14-11(17)9-6-18-7-13-9/h6-8H,1-5H2,(H2,12,16)(H,14,17). The lowest BCUT2D eigenvalue weighted by molar-refractivity contribution is -0.119. The number of nitrogens with two attached hydrogens (primary N) is 1. The minimum atomic E-state index is -0.306. The maximum Gasteiger partial charge on any atom is 0.270 e. The van der Waals surface area contributed by atoms with Gasteiger partial charge in [0.2, 0.25) is 5.91 Å². The molecule has 0 bridgehead atoms. The van der Waals surface area contributed by atoms with Gasteiger partial charge in [-0.05, 0) is 12.8 Å². The predicted octanol–water partition coefficient (Wildman–Crippen LogP) is -0.177. The predicted molar refractivity (Wildman–Crippen MR) is 68.2 cm³/mol. The van der Waals surface area contributed by atoms with Crippen molar-refractivity contribution in [1.29, 1.82) is 0 Å². The number of amides is 2. The van der Waals surface area contributed by atoms with Crippen LogP contribution in [0.25, 0.3) is 0 Å². The van der Waals surface area contributed by atoms with Gasteiger partial charge in [-0.1, -0.05) is 0 Å². The van der Waals surface area contributed by atoms with Gasteiger partial charge in [0.05, 0.1) is 12.1 Å². The van der Waals surface area contributed by atoms with Gasteiger partial charge in [0.25, 0.3) is 5.91 Å². The SMILES string of the molecule is NC(=O)CN1CCC(NC(=O)c2cscn2)CC1. The van der Waals surface area contributed by atoms with Crippen LogP contribution in [-0.4, -0.2) is 47.4 Å². The van der Waals surface area contributed by atoms with Gasteiger partial charge in [0, 0.05) is 24.5 Å². The zero-order valence-electron chi connectivity index (χ0n) is 9.96. The number of piperidine rings is 1. The number of nitrogens with one attached hydrogen (secondary N) is 1. The summed E-state index contributed by atoms with van der Waals surface area (Å²) in [6, 6.07) is 0.156. The number of nitrogens with zero attached hydrogens (tertiary/aromatic N) is 2. The summed E-state index contributed by atoms with van der Waals surface area (Å²) in [4.78, 5) is 28.5. The monoisotopic (exact) mass is 268 g/mol. The molecule has 0 aromatic carbocycles. The number of rotatable bonds is 4. The van der Waals surface area contributed by atoms with E-state index in [4.69, 9.17) is 5.73 Å². The lowest BCUT2D eigenvalue weighted by Crippen LogP contribution is -2.46. The van der Waals surface area contributed by atoms with Crippen LogP contribution in [0.1, 0.15) is 23.3 Å². The second-order valence-electron chi connectivity index (χ2n) is 4.36. The third kappa shape index (κ3) is 3.51. The second kappa shape index (κ2) is 5.92. The Morgan fingerprint density at radius 2 is 2.22 bits per heavy atom. The van der Waals surface area contributed by atoms with Crippen molar-refractivity contribution in [1.82, 2.24) is 15.2 Å². The van der Waals surface area contributed by atoms with Gasteiger partial charge in [0.1, 0.15) is 5.69 Å². The molecule has 1 aliphatic heterocycles. The third-order valence-electron chi connectivity index (χ3n) is 2.97. The Morgan fingerprint density at radius 1 is 1.50 bits per heavy atom. The first kappa shape index (κ1) is 13.0. The van der Waals surface area contributed by atoms with Gasteiger partial charge < -0.3 is 11.1 Å². The fourth-order valence-corrected chi connectivity index (χ4v) is 2.57. The van der Waals surface area contributed by atoms with Crippen LogP contribution >= 0.6 is 11.3 Å². The van der Waals surface area contributed by atoms with E-state index in [1.54, 1.807) is 10.9 Å². The van der Waals surface area contributed by atoms with Crippen LogP contribution in [0.5, 0.6) is 0 Å². The van der Waals surface area contributed by atoms with Crippen molar-refractivity contribution in [2.45, 2.75) is 18.9 Å². The molecule has 0 unspecified atom stereocenters. The molecule has 1 saturated heterocycles. The first-order valence-corrected chi connectivity index (χ1v) is 6.79. The summed E-state index contributed by atoms with van der Waals surface area (Å²) in [5.74, 6) is -0.426. The molecule has 18 heavy (non-hydrogen) atoms. The van der Waals surface area contributed by atoms with Gasteiger partial charge in [-0.2, -0.15) is 0 Å². The summed E-state index contributed by atoms with van der Waals surface area (Å²) in [6.45, 7) is 1.86. The molecule has 6 nitrogen and oxygen atoms in total. The van der Waals surface area contributed by atoms with E-state index in [0.717, 1.165) is 25.9 Å². The number of likely N-dealkylation sites (tertiary alicyclic amines) is 1. The van der Waals surface area contributed by atoms with Crippen molar-refractivity contribution in [2.75, 3.05) is 19.6 Å². The van der Waals surface area contributed by atoms with Crippen molar-refractivity contribution in [3.63, 3.8) is 0 Å². The molecule has 1 aromatic heterocycles. The fourth-order valence-electron chi connectivity index (χ4n) is 2.04. The van der Waals surface area contributed by atoms with E-state index < -0.39 is 0 Å². The minimum absolute atomic E-state index is 0.121. The van der Waals surface area contributed by atoms with Crippen LogP contribution in [0.4, 0.5) is 0 Å². The number of aromatic nitrogens is 1. The Balaban J connectivity index is 1.77. The second-order valence-corrected chi connectivity index (χ2v) is 5.08. The molecule has 1 aliphatic rings. The van der Waals surface area contributed by atoms with E-state index in [0.29, 0.717) is 12.2 Å². The summed E-state index contributed by atoms with van der Waals surface area (Å²) in [7, 11) is 0. The molecule has 1 aromatic rings. The minimum Gasteiger partial charge on any atom is -0.369 e. The highest BCUT2D eigenvalue weighted by molar-refractivity contribution is 7.07. The lowest BCUT2D eigenvalue weighted by Gasteiger charge is -2.31. The highest BCUT2D eigenvalue weighted by Crippen LogP contribution is 2.11. The Labute approximate surface area is 109 Å². The first-order valence-electron chi connectivity index (χ1n) is 5.85. The highest BCUT2D eigenvalue weighted by Gasteiger charge is 2.22. The molecule has 7 heteroatoms. The van der Waals surface area contributed by atoms with E-state index in [2.05, 4.69) is 10.3 Å². The van der Waals surface area contributed by atoms with Crippen LogP contribution in [0.15, 0.2) is 10.9 Å². The van der Waals surface area contributed by atoms with Gasteiger partial charge in [-0.3, -0.25) is 14.5 Å². The molecule has 3 N–H and O–H groups in total. The summed E-state index contributed by atoms with van der Waals surface area (Å²) >= 11 is 1.41. The van der Waals surface area contributed by atoms with Crippen LogP contribution < -0.4 is 11.1 Å². The molecule has 0 spiro atoms. The van der Waals surface area contributed by atoms with Crippen LogP contribution in [0.3, 0.4) is 0 Å². The fraction of sp³-hybridized carbons (Fsp3) is 0.545. The summed E-state index contributed by atoms with van der Waals surface area (Å²) in [5, 5.41) is 4.69. The Bertz CT molecular complexity index is 413. The van der Waals surface area contributed by atoms with E-state index in [9.17, 15) is 9.59 Å². The summed E-state index contributed by atoms with van der Waals surface area (Å²) < 4.78 is 0. The average Bonchev–Trinajstić information content (AvgIpc) is 2.84. The number of hydrogen-bond acceptors (Lipinski definition) is 5. The molecule has 2 heterocycles. The molecule has 0 atom stereocenters. The lowest BCUT2D eigenvalue weighted by atomic mass is 10.0. The Hall–Kier alpha value is -1.47. The number of carbonyl (C=O) groups excluding carboxylic acids is 2. The van der Waals surface area contributed by atoms with Crippen LogP contribution in [0, 0.1) is 0 Å². The molecule has 2 rings (SSSR count). The summed E-state index contributed by atoms with van der Waals surface area (Å²) in [6.07, 6.45) is 1.67. The normalized spacial score (nSPS) is 17.6. The highest BCUT2D eigenvalue weighted by atomic mass is 32.1. The molecule has 0 saturated carbocycles. The van der Waals surface area contributed by atoms with E-state index in [1.807, 2.05) is 4.90 Å². The zero-order chi connectivity index (χ0) is 13.0. The molecule has 1 fully saturated rings. The van der Waals surface area contributed by atoms with Crippen molar-refractivity contribution >= 4 is 23.2 Å². The van der Waals surface area contributed by atoms with Gasteiger partial charge in [-0.15, -0.1) is 11.3 Å². The van der Waals surface area contributed by atoms with E-state index in [-0.39, 0.29) is 17.9 Å². The average molecular weight is 268 g/mol. The van der Waals surface area contributed by atoms with Crippen molar-refractivity contribution < 1.29 is 9.59 Å². The Kier molecular flexibility index (Phi) is 4.27. The van der Waals surface area contributed by atoms with Gasteiger partial charge in [0.15, 0.2) is 0 Å². The van der Waals surface area contributed by atoms with Crippen molar-refractivity contribution in [2.24, 2.45) is 5.73 Å².